The quantitative estimate of drug-likeness (QED) is 0.641. The number of hydrogen-bond acceptors (Lipinski definition) is 5. The highest BCUT2D eigenvalue weighted by molar-refractivity contribution is 5.67. The van der Waals surface area contributed by atoms with Crippen molar-refractivity contribution in [2.24, 2.45) is 0 Å². The molecule has 2 atom stereocenters. The maximum atomic E-state index is 12.7. The zero-order valence-electron chi connectivity index (χ0n) is 14.1. The van der Waals surface area contributed by atoms with Crippen molar-refractivity contribution in [1.29, 1.82) is 0 Å². The van der Waals surface area contributed by atoms with Crippen LogP contribution in [0.15, 0.2) is 18.2 Å². The Morgan fingerprint density at radius 3 is 2.32 bits per heavy atom. The first-order chi connectivity index (χ1) is 11.3. The summed E-state index contributed by atoms with van der Waals surface area (Å²) in [7, 11) is 0. The smallest absolute Gasteiger partial charge is 0.416 e. The molecule has 0 aliphatic heterocycles. The van der Waals surface area contributed by atoms with Crippen molar-refractivity contribution in [1.82, 2.24) is 5.32 Å². The third kappa shape index (κ3) is 6.52. The van der Waals surface area contributed by atoms with Gasteiger partial charge in [0.2, 0.25) is 0 Å². The molecule has 0 aliphatic rings. The lowest BCUT2D eigenvalue weighted by molar-refractivity contribution is -0.137. The van der Waals surface area contributed by atoms with E-state index < -0.39 is 42.2 Å². The first-order valence-corrected chi connectivity index (χ1v) is 7.49. The fraction of sp³-hybridized carbons (Fsp3) is 0.562. The predicted molar refractivity (Wildman–Crippen MR) is 82.6 cm³/mol. The van der Waals surface area contributed by atoms with Crippen LogP contribution in [0.4, 0.5) is 18.0 Å². The first kappa shape index (κ1) is 21.2. The molecule has 0 radical (unpaired) electrons. The zero-order chi connectivity index (χ0) is 19.4. The summed E-state index contributed by atoms with van der Waals surface area (Å²) in [5.41, 5.74) is -1.95. The molecule has 1 aromatic carbocycles. The van der Waals surface area contributed by atoms with E-state index in [9.17, 15) is 33.3 Å². The van der Waals surface area contributed by atoms with Crippen molar-refractivity contribution < 1.29 is 38.0 Å². The molecule has 142 valence electrons. The number of halogens is 3. The number of hydrogen-bond donors (Lipinski definition) is 4. The predicted octanol–water partition coefficient (Wildman–Crippen LogP) is 2.12. The van der Waals surface area contributed by atoms with Crippen LogP contribution < -0.4 is 5.32 Å². The molecule has 25 heavy (non-hydrogen) atoms. The third-order valence-corrected chi connectivity index (χ3v) is 3.18. The van der Waals surface area contributed by atoms with Crippen molar-refractivity contribution in [3.63, 3.8) is 0 Å². The molecule has 1 amide bonds. The van der Waals surface area contributed by atoms with Gasteiger partial charge in [-0.3, -0.25) is 0 Å². The minimum Gasteiger partial charge on any atom is -0.444 e. The van der Waals surface area contributed by atoms with E-state index in [2.05, 4.69) is 5.32 Å². The normalized spacial score (nSPS) is 14.8. The molecule has 2 unspecified atom stereocenters. The molecule has 4 N–H and O–H groups in total. The minimum absolute atomic E-state index is 0.0611. The van der Waals surface area contributed by atoms with E-state index in [0.717, 1.165) is 12.1 Å². The second-order valence-corrected chi connectivity index (χ2v) is 6.46. The number of benzene rings is 1. The van der Waals surface area contributed by atoms with E-state index in [1.54, 1.807) is 20.8 Å². The molecule has 1 rings (SSSR count). The monoisotopic (exact) mass is 365 g/mol. The maximum absolute atomic E-state index is 12.7. The van der Waals surface area contributed by atoms with Gasteiger partial charge in [-0.15, -0.1) is 0 Å². The van der Waals surface area contributed by atoms with Gasteiger partial charge in [0.15, 0.2) is 0 Å². The molecule has 0 aliphatic carbocycles. The molecule has 0 saturated heterocycles. The van der Waals surface area contributed by atoms with Crippen molar-refractivity contribution in [3.8, 4) is 0 Å². The second-order valence-electron chi connectivity index (χ2n) is 6.46. The van der Waals surface area contributed by atoms with Crippen molar-refractivity contribution in [3.05, 3.63) is 34.9 Å². The van der Waals surface area contributed by atoms with Gasteiger partial charge >= 0.3 is 12.3 Å². The van der Waals surface area contributed by atoms with Crippen LogP contribution in [-0.2, 0) is 17.5 Å². The van der Waals surface area contributed by atoms with Gasteiger partial charge in [0, 0.05) is 6.54 Å². The van der Waals surface area contributed by atoms with E-state index in [0.29, 0.717) is 6.07 Å². The van der Waals surface area contributed by atoms with Gasteiger partial charge in [0.25, 0.3) is 0 Å². The average molecular weight is 365 g/mol. The number of aliphatic hydroxyl groups is 3. The van der Waals surface area contributed by atoms with Crippen LogP contribution in [0.1, 0.15) is 43.6 Å². The molecule has 0 heterocycles. The number of rotatable bonds is 5. The Bertz CT molecular complexity index is 598. The number of carbonyl (C=O) groups is 1. The SMILES string of the molecule is CC(C)(C)OC(=O)NCC(O)C(O)c1ccc(C(F)(F)F)cc1CO. The molecular weight excluding hydrogens is 343 g/mol. The van der Waals surface area contributed by atoms with Gasteiger partial charge in [0.1, 0.15) is 17.8 Å². The summed E-state index contributed by atoms with van der Waals surface area (Å²) in [6.45, 7) is 3.80. The van der Waals surface area contributed by atoms with Crippen LogP contribution in [0.2, 0.25) is 0 Å². The Kier molecular flexibility index (Phi) is 6.81. The highest BCUT2D eigenvalue weighted by Gasteiger charge is 2.32. The molecule has 1 aromatic rings. The summed E-state index contributed by atoms with van der Waals surface area (Å²) in [4.78, 5) is 11.5. The molecule has 0 aromatic heterocycles. The molecule has 6 nitrogen and oxygen atoms in total. The lowest BCUT2D eigenvalue weighted by Gasteiger charge is -2.23. The van der Waals surface area contributed by atoms with Crippen LogP contribution in [0.3, 0.4) is 0 Å². The maximum Gasteiger partial charge on any atom is 0.416 e. The number of aliphatic hydroxyl groups excluding tert-OH is 3. The molecular formula is C16H22F3NO5. The third-order valence-electron chi connectivity index (χ3n) is 3.18. The fourth-order valence-electron chi connectivity index (χ4n) is 2.03. The number of carbonyl (C=O) groups excluding carboxylic acids is 1. The van der Waals surface area contributed by atoms with E-state index >= 15 is 0 Å². The lowest BCUT2D eigenvalue weighted by Crippen LogP contribution is -2.39. The minimum atomic E-state index is -4.59. The standard InChI is InChI=1S/C16H22F3NO5/c1-15(2,3)25-14(24)20-7-12(22)13(23)11-5-4-10(16(17,18)19)6-9(11)8-21/h4-6,12-13,21-23H,7-8H2,1-3H3,(H,20,24). The topological polar surface area (TPSA) is 99.0 Å². The largest absolute Gasteiger partial charge is 0.444 e. The fourth-order valence-corrected chi connectivity index (χ4v) is 2.03. The summed E-state index contributed by atoms with van der Waals surface area (Å²) in [6, 6.07) is 2.42. The summed E-state index contributed by atoms with van der Waals surface area (Å²) in [6.07, 6.45) is -8.51. The lowest BCUT2D eigenvalue weighted by atomic mass is 9.96. The highest BCUT2D eigenvalue weighted by Crippen LogP contribution is 2.32. The molecule has 9 heteroatoms. The molecule has 0 spiro atoms. The van der Waals surface area contributed by atoms with Gasteiger partial charge in [-0.2, -0.15) is 13.2 Å². The van der Waals surface area contributed by atoms with Crippen LogP contribution in [0.25, 0.3) is 0 Å². The van der Waals surface area contributed by atoms with E-state index in [4.69, 9.17) is 4.74 Å². The molecule has 0 bridgehead atoms. The summed E-state index contributed by atoms with van der Waals surface area (Å²) in [5, 5.41) is 31.5. The van der Waals surface area contributed by atoms with E-state index in [1.807, 2.05) is 0 Å². The zero-order valence-corrected chi connectivity index (χ0v) is 14.1. The van der Waals surface area contributed by atoms with Crippen LogP contribution in [-0.4, -0.2) is 39.7 Å². The summed E-state index contributed by atoms with van der Waals surface area (Å²) in [5.74, 6) is 0. The molecule has 0 saturated carbocycles. The van der Waals surface area contributed by atoms with Gasteiger partial charge in [-0.1, -0.05) is 6.07 Å². The summed E-state index contributed by atoms with van der Waals surface area (Å²) >= 11 is 0. The Hall–Kier alpha value is -1.84. The van der Waals surface area contributed by atoms with E-state index in [-0.39, 0.29) is 17.7 Å². The van der Waals surface area contributed by atoms with Gasteiger partial charge in [0.05, 0.1) is 12.2 Å². The Balaban J connectivity index is 2.81. The van der Waals surface area contributed by atoms with Crippen molar-refractivity contribution in [2.75, 3.05) is 6.54 Å². The summed E-state index contributed by atoms with van der Waals surface area (Å²) < 4.78 is 43.0. The highest BCUT2D eigenvalue weighted by atomic mass is 19.4. The average Bonchev–Trinajstić information content (AvgIpc) is 2.48. The van der Waals surface area contributed by atoms with Crippen LogP contribution in [0.5, 0.6) is 0 Å². The number of ether oxygens (including phenoxy) is 1. The van der Waals surface area contributed by atoms with E-state index in [1.165, 1.54) is 0 Å². The van der Waals surface area contributed by atoms with Crippen LogP contribution >= 0.6 is 0 Å². The number of alkyl halides is 3. The van der Waals surface area contributed by atoms with Crippen LogP contribution in [0, 0.1) is 0 Å². The Morgan fingerprint density at radius 2 is 1.84 bits per heavy atom. The number of amides is 1. The molecule has 0 fully saturated rings. The van der Waals surface area contributed by atoms with Crippen molar-refractivity contribution in [2.45, 2.75) is 51.4 Å². The Morgan fingerprint density at radius 1 is 1.24 bits per heavy atom. The van der Waals surface area contributed by atoms with Gasteiger partial charge in [-0.25, -0.2) is 4.79 Å². The number of nitrogens with one attached hydrogen (secondary N) is 1. The first-order valence-electron chi connectivity index (χ1n) is 7.49. The van der Waals surface area contributed by atoms with Gasteiger partial charge in [-0.05, 0) is 44.0 Å². The van der Waals surface area contributed by atoms with Crippen molar-refractivity contribution >= 4 is 6.09 Å². The second kappa shape index (κ2) is 8.03. The number of alkyl carbamates (subject to hydrolysis) is 1. The Labute approximate surface area is 143 Å². The van der Waals surface area contributed by atoms with Gasteiger partial charge < -0.3 is 25.4 Å².